The molecule has 90 valence electrons. The highest BCUT2D eigenvalue weighted by atomic mass is 35.5. The average Bonchev–Trinajstić information content (AvgIpc) is 2.31. The number of hydrogen-bond donors (Lipinski definition) is 2. The number of benzene rings is 1. The molecule has 0 aliphatic carbocycles. The quantitative estimate of drug-likeness (QED) is 0.593. The fourth-order valence-electron chi connectivity index (χ4n) is 1.44. The van der Waals surface area contributed by atoms with E-state index in [-0.39, 0.29) is 6.04 Å². The van der Waals surface area contributed by atoms with Gasteiger partial charge in [-0.15, -0.1) is 0 Å². The summed E-state index contributed by atoms with van der Waals surface area (Å²) in [6.45, 7) is 3.08. The third kappa shape index (κ3) is 3.35. The molecule has 0 saturated carbocycles. The van der Waals surface area contributed by atoms with Crippen molar-refractivity contribution in [2.45, 2.75) is 13.0 Å². The molecule has 0 spiro atoms. The fourth-order valence-corrected chi connectivity index (χ4v) is 1.60. The number of methoxy groups -OCH3 is 1. The minimum absolute atomic E-state index is 0.104. The Hall–Kier alpha value is -0.810. The van der Waals surface area contributed by atoms with E-state index in [2.05, 4.69) is 5.43 Å². The Morgan fingerprint density at radius 1 is 1.50 bits per heavy atom. The second kappa shape index (κ2) is 6.70. The van der Waals surface area contributed by atoms with Crippen LogP contribution in [0.4, 0.5) is 0 Å². The summed E-state index contributed by atoms with van der Waals surface area (Å²) in [6.07, 6.45) is 0. The summed E-state index contributed by atoms with van der Waals surface area (Å²) in [7, 11) is 1.60. The van der Waals surface area contributed by atoms with E-state index in [9.17, 15) is 0 Å². The van der Waals surface area contributed by atoms with Gasteiger partial charge in [-0.3, -0.25) is 11.3 Å². The Labute approximate surface area is 101 Å². The summed E-state index contributed by atoms with van der Waals surface area (Å²) in [5, 5.41) is 0.632. The number of ether oxygens (including phenoxy) is 2. The van der Waals surface area contributed by atoms with Gasteiger partial charge < -0.3 is 9.47 Å². The fraction of sp³-hybridized carbons (Fsp3) is 0.455. The summed E-state index contributed by atoms with van der Waals surface area (Å²) in [4.78, 5) is 0. The maximum atomic E-state index is 5.88. The van der Waals surface area contributed by atoms with Gasteiger partial charge in [0.25, 0.3) is 0 Å². The standard InChI is InChI=1S/C11H17ClN2O2/c1-3-16-7-10(14-13)9-5-4-8(12)6-11(9)15-2/h4-6,10,14H,3,7,13H2,1-2H3. The van der Waals surface area contributed by atoms with Gasteiger partial charge in [-0.2, -0.15) is 0 Å². The minimum Gasteiger partial charge on any atom is -0.496 e. The van der Waals surface area contributed by atoms with Crippen LogP contribution in [0.1, 0.15) is 18.5 Å². The molecule has 0 fully saturated rings. The van der Waals surface area contributed by atoms with E-state index < -0.39 is 0 Å². The van der Waals surface area contributed by atoms with Crippen molar-refractivity contribution in [3.63, 3.8) is 0 Å². The first-order chi connectivity index (χ1) is 7.72. The Balaban J connectivity index is 2.90. The number of nitrogens with two attached hydrogens (primary N) is 1. The SMILES string of the molecule is CCOCC(NN)c1ccc(Cl)cc1OC. The van der Waals surface area contributed by atoms with Crippen LogP contribution in [0.25, 0.3) is 0 Å². The number of hydrogen-bond acceptors (Lipinski definition) is 4. The van der Waals surface area contributed by atoms with Crippen LogP contribution in [0.3, 0.4) is 0 Å². The van der Waals surface area contributed by atoms with E-state index in [0.717, 1.165) is 5.56 Å². The van der Waals surface area contributed by atoms with Gasteiger partial charge in [0.1, 0.15) is 5.75 Å². The van der Waals surface area contributed by atoms with Crippen LogP contribution < -0.4 is 16.0 Å². The van der Waals surface area contributed by atoms with E-state index in [4.69, 9.17) is 26.9 Å². The predicted molar refractivity (Wildman–Crippen MR) is 64.6 cm³/mol. The summed E-state index contributed by atoms with van der Waals surface area (Å²) < 4.78 is 10.6. The molecule has 0 aliphatic heterocycles. The average molecular weight is 245 g/mol. The van der Waals surface area contributed by atoms with Gasteiger partial charge in [-0.1, -0.05) is 17.7 Å². The summed E-state index contributed by atoms with van der Waals surface area (Å²) in [5.74, 6) is 6.19. The molecule has 0 heterocycles. The molecule has 3 N–H and O–H groups in total. The molecule has 0 radical (unpaired) electrons. The second-order valence-electron chi connectivity index (χ2n) is 3.26. The highest BCUT2D eigenvalue weighted by Crippen LogP contribution is 2.28. The Bertz CT molecular complexity index is 334. The van der Waals surface area contributed by atoms with E-state index in [1.165, 1.54) is 0 Å². The van der Waals surface area contributed by atoms with E-state index in [0.29, 0.717) is 24.0 Å². The molecule has 16 heavy (non-hydrogen) atoms. The smallest absolute Gasteiger partial charge is 0.125 e. The molecule has 0 amide bonds. The number of hydrazine groups is 1. The zero-order valence-corrected chi connectivity index (χ0v) is 10.3. The predicted octanol–water partition coefficient (Wildman–Crippen LogP) is 1.89. The first-order valence-electron chi connectivity index (χ1n) is 5.10. The second-order valence-corrected chi connectivity index (χ2v) is 3.70. The normalized spacial score (nSPS) is 12.5. The summed E-state index contributed by atoms with van der Waals surface area (Å²) >= 11 is 5.88. The number of halogens is 1. The van der Waals surface area contributed by atoms with Crippen LogP contribution in [0.2, 0.25) is 5.02 Å². The zero-order valence-electron chi connectivity index (χ0n) is 9.50. The zero-order chi connectivity index (χ0) is 12.0. The van der Waals surface area contributed by atoms with Crippen molar-refractivity contribution in [1.29, 1.82) is 0 Å². The van der Waals surface area contributed by atoms with Crippen molar-refractivity contribution in [3.05, 3.63) is 28.8 Å². The van der Waals surface area contributed by atoms with E-state index in [1.54, 1.807) is 19.2 Å². The minimum atomic E-state index is -0.104. The lowest BCUT2D eigenvalue weighted by molar-refractivity contribution is 0.122. The molecule has 0 aliphatic rings. The van der Waals surface area contributed by atoms with Crippen molar-refractivity contribution in [3.8, 4) is 5.75 Å². The van der Waals surface area contributed by atoms with Gasteiger partial charge in [0.15, 0.2) is 0 Å². The first-order valence-corrected chi connectivity index (χ1v) is 5.48. The van der Waals surface area contributed by atoms with Crippen LogP contribution in [0.5, 0.6) is 5.75 Å². The van der Waals surface area contributed by atoms with Crippen LogP contribution in [0, 0.1) is 0 Å². The van der Waals surface area contributed by atoms with Crippen molar-refractivity contribution in [2.75, 3.05) is 20.3 Å². The van der Waals surface area contributed by atoms with Gasteiger partial charge in [-0.05, 0) is 19.1 Å². The lowest BCUT2D eigenvalue weighted by Gasteiger charge is -2.18. The molecule has 1 aromatic carbocycles. The molecule has 0 saturated heterocycles. The van der Waals surface area contributed by atoms with Crippen LogP contribution >= 0.6 is 11.6 Å². The highest BCUT2D eigenvalue weighted by Gasteiger charge is 2.15. The number of nitrogens with one attached hydrogen (secondary N) is 1. The van der Waals surface area contributed by atoms with Gasteiger partial charge >= 0.3 is 0 Å². The molecule has 0 bridgehead atoms. The Morgan fingerprint density at radius 2 is 2.25 bits per heavy atom. The lowest BCUT2D eigenvalue weighted by Crippen LogP contribution is -2.31. The third-order valence-corrected chi connectivity index (χ3v) is 2.50. The molecule has 4 nitrogen and oxygen atoms in total. The van der Waals surface area contributed by atoms with Crippen molar-refractivity contribution in [1.82, 2.24) is 5.43 Å². The maximum absolute atomic E-state index is 5.88. The molecule has 1 aromatic rings. The Morgan fingerprint density at radius 3 is 2.81 bits per heavy atom. The molecule has 0 aromatic heterocycles. The van der Waals surface area contributed by atoms with Gasteiger partial charge in [0.2, 0.25) is 0 Å². The van der Waals surface area contributed by atoms with E-state index >= 15 is 0 Å². The molecule has 5 heteroatoms. The molecule has 1 rings (SSSR count). The molecular weight excluding hydrogens is 228 g/mol. The Kier molecular flexibility index (Phi) is 5.55. The largest absolute Gasteiger partial charge is 0.496 e. The summed E-state index contributed by atoms with van der Waals surface area (Å²) in [5.41, 5.74) is 3.63. The highest BCUT2D eigenvalue weighted by molar-refractivity contribution is 6.30. The van der Waals surface area contributed by atoms with Crippen LogP contribution in [-0.2, 0) is 4.74 Å². The monoisotopic (exact) mass is 244 g/mol. The molecule has 1 atom stereocenters. The number of rotatable bonds is 6. The third-order valence-electron chi connectivity index (χ3n) is 2.26. The van der Waals surface area contributed by atoms with Gasteiger partial charge in [0, 0.05) is 17.2 Å². The van der Waals surface area contributed by atoms with Gasteiger partial charge in [-0.25, -0.2) is 0 Å². The topological polar surface area (TPSA) is 56.5 Å². The van der Waals surface area contributed by atoms with Crippen molar-refractivity contribution >= 4 is 11.6 Å². The first kappa shape index (κ1) is 13.3. The molecule has 1 unspecified atom stereocenters. The van der Waals surface area contributed by atoms with Crippen LogP contribution in [-0.4, -0.2) is 20.3 Å². The summed E-state index contributed by atoms with van der Waals surface area (Å²) in [6, 6.07) is 5.33. The maximum Gasteiger partial charge on any atom is 0.125 e. The molecular formula is C11H17ClN2O2. The van der Waals surface area contributed by atoms with Crippen molar-refractivity contribution in [2.24, 2.45) is 5.84 Å². The van der Waals surface area contributed by atoms with Crippen molar-refractivity contribution < 1.29 is 9.47 Å². The van der Waals surface area contributed by atoms with Gasteiger partial charge in [0.05, 0.1) is 19.8 Å². The lowest BCUT2D eigenvalue weighted by atomic mass is 10.1. The van der Waals surface area contributed by atoms with E-state index in [1.807, 2.05) is 13.0 Å². The van der Waals surface area contributed by atoms with Crippen LogP contribution in [0.15, 0.2) is 18.2 Å².